The number of nitrogens with one attached hydrogen (secondary N) is 2. The molecule has 0 rings (SSSR count). The maximum absolute atomic E-state index is 11.8. The molecule has 9 heteroatoms. The van der Waals surface area contributed by atoms with E-state index in [0.29, 0.717) is 19.5 Å². The van der Waals surface area contributed by atoms with Gasteiger partial charge in [-0.05, 0) is 20.3 Å². The minimum absolute atomic E-state index is 0.114. The van der Waals surface area contributed by atoms with Crippen molar-refractivity contribution >= 4 is 22.0 Å². The van der Waals surface area contributed by atoms with E-state index >= 15 is 0 Å². The van der Waals surface area contributed by atoms with Crippen LogP contribution in [0.3, 0.4) is 0 Å². The average Bonchev–Trinajstić information content (AvgIpc) is 2.26. The summed E-state index contributed by atoms with van der Waals surface area (Å²) in [6, 6.07) is -0.743. The summed E-state index contributed by atoms with van der Waals surface area (Å²) < 4.78 is 23.9. The Bertz CT molecular complexity index is 424. The molecule has 118 valence electrons. The third-order valence-electron chi connectivity index (χ3n) is 2.60. The van der Waals surface area contributed by atoms with Gasteiger partial charge >= 0.3 is 12.0 Å². The number of rotatable bonds is 9. The van der Waals surface area contributed by atoms with Crippen LogP contribution in [0.5, 0.6) is 0 Å². The first kappa shape index (κ1) is 18.7. The number of carboxylic acid groups (broad SMARTS) is 1. The molecule has 0 saturated carbocycles. The first-order chi connectivity index (χ1) is 9.17. The average molecular weight is 309 g/mol. The van der Waals surface area contributed by atoms with E-state index in [1.807, 2.05) is 0 Å². The number of amides is 2. The summed E-state index contributed by atoms with van der Waals surface area (Å²) in [7, 11) is -3.21. The van der Waals surface area contributed by atoms with E-state index < -0.39 is 22.0 Å². The van der Waals surface area contributed by atoms with Crippen molar-refractivity contribution in [2.45, 2.75) is 32.7 Å². The van der Waals surface area contributed by atoms with Gasteiger partial charge in [0.15, 0.2) is 0 Å². The summed E-state index contributed by atoms with van der Waals surface area (Å²) in [6.45, 7) is 4.40. The van der Waals surface area contributed by atoms with Gasteiger partial charge in [0.2, 0.25) is 10.0 Å². The van der Waals surface area contributed by atoms with Crippen molar-refractivity contribution in [3.63, 3.8) is 0 Å². The van der Waals surface area contributed by atoms with E-state index in [2.05, 4.69) is 10.0 Å². The van der Waals surface area contributed by atoms with Crippen molar-refractivity contribution in [2.24, 2.45) is 0 Å². The van der Waals surface area contributed by atoms with Crippen molar-refractivity contribution in [3.8, 4) is 0 Å². The molecule has 20 heavy (non-hydrogen) atoms. The Morgan fingerprint density at radius 1 is 1.30 bits per heavy atom. The topological polar surface area (TPSA) is 116 Å². The monoisotopic (exact) mass is 309 g/mol. The molecule has 0 aromatic carbocycles. The van der Waals surface area contributed by atoms with Gasteiger partial charge in [-0.3, -0.25) is 4.79 Å². The largest absolute Gasteiger partial charge is 0.481 e. The van der Waals surface area contributed by atoms with Crippen molar-refractivity contribution in [2.75, 3.05) is 25.9 Å². The first-order valence-electron chi connectivity index (χ1n) is 6.38. The van der Waals surface area contributed by atoms with Crippen molar-refractivity contribution < 1.29 is 23.1 Å². The first-order valence-corrected chi connectivity index (χ1v) is 8.27. The molecule has 0 radical (unpaired) electrons. The number of carbonyl (C=O) groups is 2. The van der Waals surface area contributed by atoms with Crippen LogP contribution in [0.2, 0.25) is 0 Å². The molecule has 0 fully saturated rings. The summed E-state index contributed by atoms with van der Waals surface area (Å²) in [5, 5.41) is 11.3. The molecule has 1 atom stereocenters. The van der Waals surface area contributed by atoms with E-state index in [-0.39, 0.29) is 19.0 Å². The van der Waals surface area contributed by atoms with Crippen LogP contribution in [0.15, 0.2) is 0 Å². The third kappa shape index (κ3) is 8.70. The zero-order valence-electron chi connectivity index (χ0n) is 12.0. The minimum Gasteiger partial charge on any atom is -0.481 e. The number of aliphatic carboxylic acids is 1. The Morgan fingerprint density at radius 2 is 1.90 bits per heavy atom. The van der Waals surface area contributed by atoms with E-state index in [0.717, 1.165) is 6.26 Å². The number of carboxylic acids is 1. The van der Waals surface area contributed by atoms with E-state index in [1.165, 1.54) is 4.90 Å². The Morgan fingerprint density at radius 3 is 2.35 bits per heavy atom. The van der Waals surface area contributed by atoms with Gasteiger partial charge in [0, 0.05) is 25.7 Å². The number of nitrogens with zero attached hydrogens (tertiary/aromatic N) is 1. The van der Waals surface area contributed by atoms with Crippen molar-refractivity contribution in [1.29, 1.82) is 0 Å². The summed E-state index contributed by atoms with van der Waals surface area (Å²) in [5.74, 6) is -0.957. The summed E-state index contributed by atoms with van der Waals surface area (Å²) in [6.07, 6.45) is 1.42. The van der Waals surface area contributed by atoms with Crippen LogP contribution in [-0.4, -0.2) is 62.4 Å². The molecule has 0 aliphatic rings. The molecule has 0 aromatic rings. The standard InChI is InChI=1S/C11H23N3O5S/c1-4-14(9(2)8-10(15)16)11(17)12-6-5-7-13-20(3,18)19/h9,13H,4-8H2,1-3H3,(H,12,17)(H,15,16). The van der Waals surface area contributed by atoms with Gasteiger partial charge in [-0.25, -0.2) is 17.9 Å². The second kappa shape index (κ2) is 8.75. The molecular formula is C11H23N3O5S. The Labute approximate surface area is 119 Å². The molecular weight excluding hydrogens is 286 g/mol. The van der Waals surface area contributed by atoms with Crippen LogP contribution in [0.1, 0.15) is 26.7 Å². The van der Waals surface area contributed by atoms with Gasteiger partial charge in [-0.15, -0.1) is 0 Å². The quantitative estimate of drug-likeness (QED) is 0.511. The highest BCUT2D eigenvalue weighted by Gasteiger charge is 2.20. The van der Waals surface area contributed by atoms with Gasteiger partial charge < -0.3 is 15.3 Å². The van der Waals surface area contributed by atoms with E-state index in [9.17, 15) is 18.0 Å². The maximum Gasteiger partial charge on any atom is 0.317 e. The molecule has 0 saturated heterocycles. The highest BCUT2D eigenvalue weighted by atomic mass is 32.2. The summed E-state index contributed by atoms with van der Waals surface area (Å²) >= 11 is 0. The van der Waals surface area contributed by atoms with Crippen molar-refractivity contribution in [3.05, 3.63) is 0 Å². The van der Waals surface area contributed by atoms with Crippen molar-refractivity contribution in [1.82, 2.24) is 14.9 Å². The zero-order valence-corrected chi connectivity index (χ0v) is 12.9. The van der Waals surface area contributed by atoms with E-state index in [1.54, 1.807) is 13.8 Å². The third-order valence-corrected chi connectivity index (χ3v) is 3.33. The van der Waals surface area contributed by atoms with Crippen LogP contribution in [0.25, 0.3) is 0 Å². The molecule has 0 heterocycles. The predicted octanol–water partition coefficient (Wildman–Crippen LogP) is -0.180. The number of urea groups is 1. The predicted molar refractivity (Wildman–Crippen MR) is 75.0 cm³/mol. The normalized spacial score (nSPS) is 12.8. The van der Waals surface area contributed by atoms with Gasteiger partial charge in [-0.1, -0.05) is 0 Å². The molecule has 0 spiro atoms. The second-order valence-electron chi connectivity index (χ2n) is 4.48. The molecule has 0 bridgehead atoms. The van der Waals surface area contributed by atoms with Gasteiger partial charge in [0.25, 0.3) is 0 Å². The van der Waals surface area contributed by atoms with Gasteiger partial charge in [0.1, 0.15) is 0 Å². The van der Waals surface area contributed by atoms with Crippen LogP contribution in [-0.2, 0) is 14.8 Å². The molecule has 0 aliphatic carbocycles. The lowest BCUT2D eigenvalue weighted by Crippen LogP contribution is -2.46. The smallest absolute Gasteiger partial charge is 0.317 e. The molecule has 3 N–H and O–H groups in total. The highest BCUT2D eigenvalue weighted by molar-refractivity contribution is 7.88. The second-order valence-corrected chi connectivity index (χ2v) is 6.32. The van der Waals surface area contributed by atoms with Gasteiger partial charge in [0.05, 0.1) is 12.7 Å². The lowest BCUT2D eigenvalue weighted by atomic mass is 10.2. The molecule has 0 aromatic heterocycles. The molecule has 2 amide bonds. The minimum atomic E-state index is -3.21. The van der Waals surface area contributed by atoms with Crippen LogP contribution >= 0.6 is 0 Å². The fraction of sp³-hybridized carbons (Fsp3) is 0.818. The summed E-state index contributed by atoms with van der Waals surface area (Å²) in [4.78, 5) is 23.9. The SMILES string of the molecule is CCN(C(=O)NCCCNS(C)(=O)=O)C(C)CC(=O)O. The Hall–Kier alpha value is -1.35. The number of carbonyl (C=O) groups excluding carboxylic acids is 1. The van der Waals surface area contributed by atoms with E-state index in [4.69, 9.17) is 5.11 Å². The number of hydrogen-bond donors (Lipinski definition) is 3. The van der Waals surface area contributed by atoms with Crippen LogP contribution < -0.4 is 10.0 Å². The van der Waals surface area contributed by atoms with Crippen LogP contribution in [0.4, 0.5) is 4.79 Å². The zero-order chi connectivity index (χ0) is 15.8. The van der Waals surface area contributed by atoms with Crippen LogP contribution in [0, 0.1) is 0 Å². The Balaban J connectivity index is 4.07. The molecule has 0 aliphatic heterocycles. The maximum atomic E-state index is 11.8. The lowest BCUT2D eigenvalue weighted by Gasteiger charge is -2.27. The molecule has 8 nitrogen and oxygen atoms in total. The summed E-state index contributed by atoms with van der Waals surface area (Å²) in [5.41, 5.74) is 0. The number of sulfonamides is 1. The Kier molecular flexibility index (Phi) is 8.16. The lowest BCUT2D eigenvalue weighted by molar-refractivity contribution is -0.138. The molecule has 1 unspecified atom stereocenters. The number of hydrogen-bond acceptors (Lipinski definition) is 4. The van der Waals surface area contributed by atoms with Gasteiger partial charge in [-0.2, -0.15) is 0 Å². The fourth-order valence-corrected chi connectivity index (χ4v) is 2.18. The highest BCUT2D eigenvalue weighted by Crippen LogP contribution is 2.04. The fourth-order valence-electron chi connectivity index (χ4n) is 1.66.